The van der Waals surface area contributed by atoms with E-state index in [9.17, 15) is 4.79 Å². The van der Waals surface area contributed by atoms with Crippen molar-refractivity contribution < 1.29 is 4.79 Å². The topological polar surface area (TPSA) is 64.2 Å². The molecule has 0 spiro atoms. The van der Waals surface area contributed by atoms with Crippen LogP contribution in [0.15, 0.2) is 24.3 Å². The third-order valence-corrected chi connectivity index (χ3v) is 5.98. The lowest BCUT2D eigenvalue weighted by Crippen LogP contribution is -2.35. The van der Waals surface area contributed by atoms with Crippen molar-refractivity contribution in [3.05, 3.63) is 46.8 Å². The van der Waals surface area contributed by atoms with E-state index in [1.165, 1.54) is 11.3 Å². The first-order chi connectivity index (χ1) is 12.6. The molecule has 1 aliphatic carbocycles. The molecule has 2 aliphatic rings. The van der Waals surface area contributed by atoms with Crippen LogP contribution in [-0.4, -0.2) is 39.7 Å². The standard InChI is InChI=1S/C21H28N4O/c1-3-15-7-9-17(10-8-15)25-19-6-4-5-18(19)20(23-25)21(26)24-13-16(12-22)11-14(24)2/h7-10,14,16H,3-6,11-13,22H2,1-2H3. The van der Waals surface area contributed by atoms with Gasteiger partial charge >= 0.3 is 0 Å². The number of hydrogen-bond donors (Lipinski definition) is 1. The van der Waals surface area contributed by atoms with Crippen LogP contribution in [0.5, 0.6) is 0 Å². The van der Waals surface area contributed by atoms with E-state index >= 15 is 0 Å². The lowest BCUT2D eigenvalue weighted by molar-refractivity contribution is 0.0736. The summed E-state index contributed by atoms with van der Waals surface area (Å²) < 4.78 is 2.00. The van der Waals surface area contributed by atoms with Gasteiger partial charge in [0.05, 0.1) is 5.69 Å². The van der Waals surface area contributed by atoms with Crippen molar-refractivity contribution in [2.45, 2.75) is 52.0 Å². The number of nitrogens with two attached hydrogens (primary N) is 1. The van der Waals surface area contributed by atoms with E-state index in [4.69, 9.17) is 10.8 Å². The van der Waals surface area contributed by atoms with Gasteiger partial charge < -0.3 is 10.6 Å². The molecule has 1 aromatic carbocycles. The van der Waals surface area contributed by atoms with Gasteiger partial charge in [-0.3, -0.25) is 4.79 Å². The molecule has 4 rings (SSSR count). The fourth-order valence-corrected chi connectivity index (χ4v) is 4.43. The predicted octanol–water partition coefficient (Wildman–Crippen LogP) is 2.73. The molecule has 1 amide bonds. The number of amides is 1. The largest absolute Gasteiger partial charge is 0.334 e. The minimum atomic E-state index is 0.0792. The Hall–Kier alpha value is -2.14. The van der Waals surface area contributed by atoms with Crippen LogP contribution in [0, 0.1) is 5.92 Å². The zero-order valence-corrected chi connectivity index (χ0v) is 15.7. The zero-order valence-electron chi connectivity index (χ0n) is 15.7. The molecule has 26 heavy (non-hydrogen) atoms. The van der Waals surface area contributed by atoms with Crippen LogP contribution in [0.1, 0.15) is 54.0 Å². The van der Waals surface area contributed by atoms with Gasteiger partial charge in [0.15, 0.2) is 5.69 Å². The molecule has 0 saturated carbocycles. The van der Waals surface area contributed by atoms with Crippen LogP contribution in [0.3, 0.4) is 0 Å². The smallest absolute Gasteiger partial charge is 0.274 e. The van der Waals surface area contributed by atoms with Crippen molar-refractivity contribution in [2.24, 2.45) is 11.7 Å². The van der Waals surface area contributed by atoms with Crippen molar-refractivity contribution in [1.82, 2.24) is 14.7 Å². The van der Waals surface area contributed by atoms with Gasteiger partial charge in [0, 0.05) is 23.8 Å². The highest BCUT2D eigenvalue weighted by Gasteiger charge is 2.36. The van der Waals surface area contributed by atoms with E-state index in [0.29, 0.717) is 18.2 Å². The number of carbonyl (C=O) groups excluding carboxylic acids is 1. The highest BCUT2D eigenvalue weighted by molar-refractivity contribution is 5.94. The Balaban J connectivity index is 1.68. The van der Waals surface area contributed by atoms with Crippen molar-refractivity contribution in [2.75, 3.05) is 13.1 Å². The molecule has 1 aliphatic heterocycles. The van der Waals surface area contributed by atoms with Crippen LogP contribution < -0.4 is 5.73 Å². The normalized spacial score (nSPS) is 22.0. The number of benzene rings is 1. The maximum Gasteiger partial charge on any atom is 0.274 e. The van der Waals surface area contributed by atoms with Gasteiger partial charge in [0.2, 0.25) is 0 Å². The van der Waals surface area contributed by atoms with Crippen LogP contribution >= 0.6 is 0 Å². The number of nitrogens with zero attached hydrogens (tertiary/aromatic N) is 3. The Morgan fingerprint density at radius 1 is 1.27 bits per heavy atom. The predicted molar refractivity (Wildman–Crippen MR) is 103 cm³/mol. The molecule has 138 valence electrons. The Morgan fingerprint density at radius 3 is 2.69 bits per heavy atom. The molecule has 1 aromatic heterocycles. The molecule has 5 heteroatoms. The SMILES string of the molecule is CCc1ccc(-n2nc(C(=O)N3CC(CN)CC3C)c3c2CCC3)cc1. The summed E-state index contributed by atoms with van der Waals surface area (Å²) in [6.07, 6.45) is 5.06. The average molecular weight is 352 g/mol. The second kappa shape index (κ2) is 6.88. The molecule has 5 nitrogen and oxygen atoms in total. The number of carbonyl (C=O) groups is 1. The molecule has 2 unspecified atom stereocenters. The molecular weight excluding hydrogens is 324 g/mol. The summed E-state index contributed by atoms with van der Waals surface area (Å²) in [4.78, 5) is 15.2. The summed E-state index contributed by atoms with van der Waals surface area (Å²) in [6.45, 7) is 5.67. The van der Waals surface area contributed by atoms with Gasteiger partial charge in [-0.15, -0.1) is 0 Å². The third kappa shape index (κ3) is 2.84. The molecule has 2 aromatic rings. The fourth-order valence-electron chi connectivity index (χ4n) is 4.43. The Bertz CT molecular complexity index is 808. The van der Waals surface area contributed by atoms with Crippen molar-refractivity contribution in [1.29, 1.82) is 0 Å². The first kappa shape index (κ1) is 17.3. The number of fused-ring (bicyclic) bond motifs is 1. The van der Waals surface area contributed by atoms with Crippen LogP contribution in [0.2, 0.25) is 0 Å². The first-order valence-electron chi connectivity index (χ1n) is 9.83. The number of rotatable bonds is 4. The molecule has 2 atom stereocenters. The van der Waals surface area contributed by atoms with Gasteiger partial charge in [0.1, 0.15) is 0 Å². The maximum atomic E-state index is 13.2. The third-order valence-electron chi connectivity index (χ3n) is 5.98. The molecule has 0 bridgehead atoms. The van der Waals surface area contributed by atoms with Gasteiger partial charge in [0.25, 0.3) is 5.91 Å². The number of likely N-dealkylation sites (tertiary alicyclic amines) is 1. The van der Waals surface area contributed by atoms with Crippen LogP contribution in [0.4, 0.5) is 0 Å². The van der Waals surface area contributed by atoms with E-state index in [1.54, 1.807) is 0 Å². The summed E-state index contributed by atoms with van der Waals surface area (Å²) in [5.74, 6) is 0.487. The quantitative estimate of drug-likeness (QED) is 0.920. The molecule has 1 saturated heterocycles. The minimum Gasteiger partial charge on any atom is -0.334 e. The number of hydrogen-bond acceptors (Lipinski definition) is 3. The molecule has 2 N–H and O–H groups in total. The summed E-state index contributed by atoms with van der Waals surface area (Å²) in [7, 11) is 0. The average Bonchev–Trinajstić information content (AvgIpc) is 3.36. The van der Waals surface area contributed by atoms with Crippen LogP contribution in [0.25, 0.3) is 5.69 Å². The second-order valence-corrected chi connectivity index (χ2v) is 7.70. The Morgan fingerprint density at radius 2 is 2.04 bits per heavy atom. The minimum absolute atomic E-state index is 0.0792. The van der Waals surface area contributed by atoms with Crippen molar-refractivity contribution in [3.8, 4) is 5.69 Å². The van der Waals surface area contributed by atoms with E-state index in [1.807, 2.05) is 9.58 Å². The van der Waals surface area contributed by atoms with Crippen molar-refractivity contribution in [3.63, 3.8) is 0 Å². The summed E-state index contributed by atoms with van der Waals surface area (Å²) in [6, 6.07) is 8.76. The lowest BCUT2D eigenvalue weighted by atomic mass is 10.1. The highest BCUT2D eigenvalue weighted by Crippen LogP contribution is 2.31. The molecular formula is C21H28N4O. The summed E-state index contributed by atoms with van der Waals surface area (Å²) in [5.41, 5.74) is 11.2. The zero-order chi connectivity index (χ0) is 18.3. The van der Waals surface area contributed by atoms with Crippen molar-refractivity contribution >= 4 is 5.91 Å². The lowest BCUT2D eigenvalue weighted by Gasteiger charge is -2.20. The van der Waals surface area contributed by atoms with E-state index in [-0.39, 0.29) is 11.9 Å². The van der Waals surface area contributed by atoms with Crippen LogP contribution in [-0.2, 0) is 19.3 Å². The highest BCUT2D eigenvalue weighted by atomic mass is 16.2. The Kier molecular flexibility index (Phi) is 4.57. The number of aromatic nitrogens is 2. The van der Waals surface area contributed by atoms with E-state index < -0.39 is 0 Å². The Labute approximate surface area is 155 Å². The maximum absolute atomic E-state index is 13.2. The van der Waals surface area contributed by atoms with E-state index in [0.717, 1.165) is 49.9 Å². The van der Waals surface area contributed by atoms with Gasteiger partial charge in [-0.05, 0) is 69.2 Å². The number of aryl methyl sites for hydroxylation is 1. The fraction of sp³-hybridized carbons (Fsp3) is 0.524. The molecule has 1 fully saturated rings. The summed E-state index contributed by atoms with van der Waals surface area (Å²) >= 11 is 0. The van der Waals surface area contributed by atoms with Gasteiger partial charge in [-0.2, -0.15) is 5.10 Å². The van der Waals surface area contributed by atoms with Gasteiger partial charge in [-0.1, -0.05) is 19.1 Å². The molecule has 0 radical (unpaired) electrons. The van der Waals surface area contributed by atoms with E-state index in [2.05, 4.69) is 38.1 Å². The monoisotopic (exact) mass is 352 g/mol. The molecule has 2 heterocycles. The summed E-state index contributed by atoms with van der Waals surface area (Å²) in [5, 5.41) is 4.78. The second-order valence-electron chi connectivity index (χ2n) is 7.70. The van der Waals surface area contributed by atoms with Gasteiger partial charge in [-0.25, -0.2) is 4.68 Å². The first-order valence-corrected chi connectivity index (χ1v) is 9.83.